The van der Waals surface area contributed by atoms with Crippen LogP contribution in [0.15, 0.2) is 24.5 Å². The first-order chi connectivity index (χ1) is 9.81. The zero-order valence-electron chi connectivity index (χ0n) is 12.9. The summed E-state index contributed by atoms with van der Waals surface area (Å²) in [7, 11) is 0. The Hall–Kier alpha value is -2.11. The van der Waals surface area contributed by atoms with Gasteiger partial charge in [0, 0.05) is 12.4 Å². The third-order valence-electron chi connectivity index (χ3n) is 2.48. The number of carbonyl (C=O) groups is 2. The molecule has 0 aromatic carbocycles. The molecule has 6 heteroatoms. The number of hydrogen-bond acceptors (Lipinski definition) is 5. The van der Waals surface area contributed by atoms with Crippen LogP contribution in [0.2, 0.25) is 0 Å². The van der Waals surface area contributed by atoms with Gasteiger partial charge in [-0.25, -0.2) is 4.79 Å². The van der Waals surface area contributed by atoms with Crippen LogP contribution in [0.3, 0.4) is 0 Å². The molecule has 1 atom stereocenters. The maximum absolute atomic E-state index is 11.9. The van der Waals surface area contributed by atoms with Crippen LogP contribution in [0.5, 0.6) is 0 Å². The van der Waals surface area contributed by atoms with Crippen LogP contribution in [-0.4, -0.2) is 29.3 Å². The molecule has 0 aliphatic heterocycles. The number of esters is 1. The highest BCUT2D eigenvalue weighted by molar-refractivity contribution is 5.73. The van der Waals surface area contributed by atoms with Gasteiger partial charge < -0.3 is 14.8 Å². The molecule has 1 unspecified atom stereocenters. The van der Waals surface area contributed by atoms with Crippen molar-refractivity contribution in [2.45, 2.75) is 45.8 Å². The Morgan fingerprint density at radius 3 is 2.43 bits per heavy atom. The Balaban J connectivity index is 2.78. The van der Waals surface area contributed by atoms with Crippen molar-refractivity contribution >= 4 is 12.1 Å². The van der Waals surface area contributed by atoms with Crippen molar-refractivity contribution in [2.75, 3.05) is 6.61 Å². The Bertz CT molecular complexity index is 468. The molecular formula is C15H22N2O4. The second kappa shape index (κ2) is 7.61. The minimum absolute atomic E-state index is 0.0388. The Labute approximate surface area is 124 Å². The molecule has 0 aliphatic rings. The lowest BCUT2D eigenvalue weighted by atomic mass is 10.1. The van der Waals surface area contributed by atoms with Gasteiger partial charge >= 0.3 is 12.1 Å². The van der Waals surface area contributed by atoms with Crippen molar-refractivity contribution in [3.05, 3.63) is 30.1 Å². The van der Waals surface area contributed by atoms with Gasteiger partial charge in [0.05, 0.1) is 19.1 Å². The van der Waals surface area contributed by atoms with Gasteiger partial charge in [-0.15, -0.1) is 0 Å². The fraction of sp³-hybridized carbons (Fsp3) is 0.533. The average Bonchev–Trinajstić information content (AvgIpc) is 2.37. The molecule has 1 N–H and O–H groups in total. The topological polar surface area (TPSA) is 77.5 Å². The molecule has 116 valence electrons. The van der Waals surface area contributed by atoms with Crippen molar-refractivity contribution < 1.29 is 19.1 Å². The number of aromatic nitrogens is 1. The summed E-state index contributed by atoms with van der Waals surface area (Å²) in [4.78, 5) is 27.5. The fourth-order valence-electron chi connectivity index (χ4n) is 1.68. The number of pyridine rings is 1. The molecular weight excluding hydrogens is 272 g/mol. The standard InChI is InChI=1S/C15H22N2O4/c1-5-20-13(18)10-12(11-6-8-16-9-7-11)17-14(19)21-15(2,3)4/h6-9,12H,5,10H2,1-4H3,(H,17,19). The molecule has 0 spiro atoms. The van der Waals surface area contributed by atoms with E-state index < -0.39 is 17.7 Å². The van der Waals surface area contributed by atoms with Crippen molar-refractivity contribution in [1.29, 1.82) is 0 Å². The van der Waals surface area contributed by atoms with Crippen molar-refractivity contribution in [1.82, 2.24) is 10.3 Å². The van der Waals surface area contributed by atoms with E-state index in [1.165, 1.54) is 0 Å². The molecule has 1 rings (SSSR count). The third-order valence-corrected chi connectivity index (χ3v) is 2.48. The van der Waals surface area contributed by atoms with Gasteiger partial charge in [-0.05, 0) is 45.4 Å². The van der Waals surface area contributed by atoms with E-state index in [2.05, 4.69) is 10.3 Å². The average molecular weight is 294 g/mol. The molecule has 0 saturated heterocycles. The first-order valence-electron chi connectivity index (χ1n) is 6.87. The van der Waals surface area contributed by atoms with E-state index >= 15 is 0 Å². The molecule has 1 heterocycles. The molecule has 6 nitrogen and oxygen atoms in total. The minimum atomic E-state index is -0.600. The van der Waals surface area contributed by atoms with Crippen LogP contribution in [0.25, 0.3) is 0 Å². The Morgan fingerprint density at radius 1 is 1.29 bits per heavy atom. The quantitative estimate of drug-likeness (QED) is 0.845. The lowest BCUT2D eigenvalue weighted by Gasteiger charge is -2.23. The van der Waals surface area contributed by atoms with Crippen LogP contribution >= 0.6 is 0 Å². The highest BCUT2D eigenvalue weighted by Crippen LogP contribution is 2.18. The molecule has 1 amide bonds. The zero-order chi connectivity index (χ0) is 15.9. The van der Waals surface area contributed by atoms with Gasteiger partial charge in [-0.3, -0.25) is 9.78 Å². The summed E-state index contributed by atoms with van der Waals surface area (Å²) in [6.07, 6.45) is 2.67. The predicted molar refractivity (Wildman–Crippen MR) is 77.6 cm³/mol. The highest BCUT2D eigenvalue weighted by atomic mass is 16.6. The number of nitrogens with zero attached hydrogens (tertiary/aromatic N) is 1. The van der Waals surface area contributed by atoms with Crippen LogP contribution in [0.4, 0.5) is 4.79 Å². The summed E-state index contributed by atoms with van der Waals surface area (Å²) in [5.41, 5.74) is 0.167. The van der Waals surface area contributed by atoms with Crippen LogP contribution in [0, 0.1) is 0 Å². The first kappa shape index (κ1) is 16.9. The summed E-state index contributed by atoms with van der Waals surface area (Å²) in [6, 6.07) is 2.96. The molecule has 0 radical (unpaired) electrons. The van der Waals surface area contributed by atoms with Crippen molar-refractivity contribution in [3.63, 3.8) is 0 Å². The van der Waals surface area contributed by atoms with E-state index in [0.717, 1.165) is 5.56 Å². The maximum Gasteiger partial charge on any atom is 0.408 e. The normalized spacial score (nSPS) is 12.4. The predicted octanol–water partition coefficient (Wildman–Crippen LogP) is 2.60. The maximum atomic E-state index is 11.9. The van der Waals surface area contributed by atoms with Crippen molar-refractivity contribution in [2.24, 2.45) is 0 Å². The molecule has 0 saturated carbocycles. The van der Waals surface area contributed by atoms with Crippen molar-refractivity contribution in [3.8, 4) is 0 Å². The zero-order valence-corrected chi connectivity index (χ0v) is 12.9. The summed E-state index contributed by atoms with van der Waals surface area (Å²) in [6.45, 7) is 7.37. The monoisotopic (exact) mass is 294 g/mol. The lowest BCUT2D eigenvalue weighted by molar-refractivity contribution is -0.143. The SMILES string of the molecule is CCOC(=O)CC(NC(=O)OC(C)(C)C)c1ccncc1. The van der Waals surface area contributed by atoms with E-state index in [0.29, 0.717) is 6.61 Å². The molecule has 21 heavy (non-hydrogen) atoms. The van der Waals surface area contributed by atoms with Crippen LogP contribution in [-0.2, 0) is 14.3 Å². The Morgan fingerprint density at radius 2 is 1.90 bits per heavy atom. The van der Waals surface area contributed by atoms with Crippen LogP contribution in [0.1, 0.15) is 45.7 Å². The largest absolute Gasteiger partial charge is 0.466 e. The second-order valence-electron chi connectivity index (χ2n) is 5.49. The van der Waals surface area contributed by atoms with E-state index in [9.17, 15) is 9.59 Å². The van der Waals surface area contributed by atoms with Gasteiger partial charge in [-0.1, -0.05) is 0 Å². The van der Waals surface area contributed by atoms with Crippen LogP contribution < -0.4 is 5.32 Å². The first-order valence-corrected chi connectivity index (χ1v) is 6.87. The molecule has 1 aromatic heterocycles. The smallest absolute Gasteiger partial charge is 0.408 e. The number of ether oxygens (including phenoxy) is 2. The van der Waals surface area contributed by atoms with E-state index in [1.54, 1.807) is 52.2 Å². The minimum Gasteiger partial charge on any atom is -0.466 e. The molecule has 0 bridgehead atoms. The second-order valence-corrected chi connectivity index (χ2v) is 5.49. The summed E-state index contributed by atoms with van der Waals surface area (Å²) >= 11 is 0. The number of carbonyl (C=O) groups excluding carboxylic acids is 2. The fourth-order valence-corrected chi connectivity index (χ4v) is 1.68. The molecule has 0 aliphatic carbocycles. The van der Waals surface area contributed by atoms with Gasteiger partial charge in [0.25, 0.3) is 0 Å². The lowest BCUT2D eigenvalue weighted by Crippen LogP contribution is -2.36. The Kier molecular flexibility index (Phi) is 6.14. The van der Waals surface area contributed by atoms with E-state index in [4.69, 9.17) is 9.47 Å². The number of alkyl carbamates (subject to hydrolysis) is 1. The van der Waals surface area contributed by atoms with Gasteiger partial charge in [-0.2, -0.15) is 0 Å². The third kappa shape index (κ3) is 6.74. The summed E-state index contributed by atoms with van der Waals surface area (Å²) in [5, 5.41) is 2.69. The number of nitrogens with one attached hydrogen (secondary N) is 1. The van der Waals surface area contributed by atoms with Gasteiger partial charge in [0.1, 0.15) is 5.60 Å². The van der Waals surface area contributed by atoms with Gasteiger partial charge in [0.15, 0.2) is 0 Å². The number of rotatable bonds is 5. The highest BCUT2D eigenvalue weighted by Gasteiger charge is 2.23. The van der Waals surface area contributed by atoms with E-state index in [-0.39, 0.29) is 12.4 Å². The number of hydrogen-bond donors (Lipinski definition) is 1. The summed E-state index contributed by atoms with van der Waals surface area (Å²) < 4.78 is 10.1. The number of amides is 1. The van der Waals surface area contributed by atoms with Gasteiger partial charge in [0.2, 0.25) is 0 Å². The molecule has 0 fully saturated rings. The molecule has 1 aromatic rings. The van der Waals surface area contributed by atoms with E-state index in [1.807, 2.05) is 0 Å². The summed E-state index contributed by atoms with van der Waals surface area (Å²) in [5.74, 6) is -0.379.